The molecule has 2 amide bonds. The molecule has 2 saturated carbocycles. The van der Waals surface area contributed by atoms with Crippen LogP contribution in [0, 0.1) is 29.5 Å². The summed E-state index contributed by atoms with van der Waals surface area (Å²) in [5.41, 5.74) is 0.920. The van der Waals surface area contributed by atoms with E-state index in [1.54, 1.807) is 24.3 Å². The van der Waals surface area contributed by atoms with Crippen molar-refractivity contribution >= 4 is 23.3 Å². The number of nitrogens with zero attached hydrogens (tertiary/aromatic N) is 1. The zero-order chi connectivity index (χ0) is 20.1. The number of fused-ring (bicyclic) bond motifs is 5. The van der Waals surface area contributed by atoms with Gasteiger partial charge in [-0.25, -0.2) is 4.39 Å². The molecule has 2 aliphatic carbocycles. The number of amides is 2. The van der Waals surface area contributed by atoms with Crippen LogP contribution in [-0.4, -0.2) is 24.2 Å². The van der Waals surface area contributed by atoms with Crippen molar-refractivity contribution in [3.8, 4) is 5.75 Å². The molecule has 148 valence electrons. The molecule has 0 aromatic heterocycles. The summed E-state index contributed by atoms with van der Waals surface area (Å²) in [6, 6.07) is 11.9. The van der Waals surface area contributed by atoms with E-state index in [1.165, 1.54) is 29.2 Å². The molecule has 1 saturated heterocycles. The van der Waals surface area contributed by atoms with E-state index in [1.807, 2.05) is 0 Å². The highest BCUT2D eigenvalue weighted by molar-refractivity contribution is 6.22. The van der Waals surface area contributed by atoms with Crippen LogP contribution in [0.2, 0.25) is 0 Å². The first-order valence-corrected chi connectivity index (χ1v) is 9.92. The van der Waals surface area contributed by atoms with Gasteiger partial charge in [0, 0.05) is 5.56 Å². The van der Waals surface area contributed by atoms with Crippen LogP contribution in [0.25, 0.3) is 0 Å². The van der Waals surface area contributed by atoms with Crippen LogP contribution in [0.1, 0.15) is 29.6 Å². The van der Waals surface area contributed by atoms with Gasteiger partial charge in [-0.15, -0.1) is 0 Å². The van der Waals surface area contributed by atoms with Crippen molar-refractivity contribution in [2.24, 2.45) is 23.7 Å². The molecule has 29 heavy (non-hydrogen) atoms. The second kappa shape index (κ2) is 6.79. The average Bonchev–Trinajstić information content (AvgIpc) is 3.41. The summed E-state index contributed by atoms with van der Waals surface area (Å²) in [6.45, 7) is -0.180. The fourth-order valence-corrected chi connectivity index (χ4v) is 5.22. The number of hydrogen-bond donors (Lipinski definition) is 0. The predicted molar refractivity (Wildman–Crippen MR) is 103 cm³/mol. The number of benzene rings is 2. The molecule has 5 nitrogen and oxygen atoms in total. The van der Waals surface area contributed by atoms with Gasteiger partial charge in [0.2, 0.25) is 11.8 Å². The molecular formula is C23H20FNO4. The third kappa shape index (κ3) is 2.94. The van der Waals surface area contributed by atoms with E-state index in [-0.39, 0.29) is 36.0 Å². The van der Waals surface area contributed by atoms with Gasteiger partial charge in [-0.05, 0) is 79.6 Å². The largest absolute Gasteiger partial charge is 0.485 e. The van der Waals surface area contributed by atoms with Crippen LogP contribution in [0.15, 0.2) is 48.5 Å². The smallest absolute Gasteiger partial charge is 0.237 e. The Bertz CT molecular complexity index is 957. The van der Waals surface area contributed by atoms with E-state index in [0.29, 0.717) is 28.8 Å². The standard InChI is InChI=1S/C23H20FNO4/c24-16-5-3-13(4-6-16)19(26)12-29-18-9-7-17(8-10-18)25-22(27)20-14-1-2-15(11-14)21(20)23(25)28/h3-10,14-15,20-21H,1-2,11-12H2/t14-,15-,20+,21+/m1/s1. The van der Waals surface area contributed by atoms with Gasteiger partial charge >= 0.3 is 0 Å². The lowest BCUT2D eigenvalue weighted by Gasteiger charge is -2.19. The van der Waals surface area contributed by atoms with Crippen LogP contribution in [0.3, 0.4) is 0 Å². The number of halogens is 1. The maximum atomic E-state index is 12.9. The monoisotopic (exact) mass is 393 g/mol. The maximum absolute atomic E-state index is 12.9. The normalized spacial score (nSPS) is 27.4. The summed E-state index contributed by atoms with van der Waals surface area (Å²) >= 11 is 0. The Kier molecular flexibility index (Phi) is 4.23. The van der Waals surface area contributed by atoms with Crippen LogP contribution in [0.4, 0.5) is 10.1 Å². The second-order valence-electron chi connectivity index (χ2n) is 8.11. The molecule has 0 spiro atoms. The van der Waals surface area contributed by atoms with Crippen LogP contribution in [0.5, 0.6) is 5.75 Å². The molecular weight excluding hydrogens is 373 g/mol. The topological polar surface area (TPSA) is 63.7 Å². The number of hydrogen-bond acceptors (Lipinski definition) is 4. The van der Waals surface area contributed by atoms with Crippen molar-refractivity contribution < 1.29 is 23.5 Å². The Morgan fingerprint density at radius 3 is 2.10 bits per heavy atom. The summed E-state index contributed by atoms with van der Waals surface area (Å²) in [5, 5.41) is 0. The van der Waals surface area contributed by atoms with Gasteiger partial charge in [-0.2, -0.15) is 0 Å². The van der Waals surface area contributed by atoms with Crippen molar-refractivity contribution in [1.82, 2.24) is 0 Å². The van der Waals surface area contributed by atoms with Crippen LogP contribution < -0.4 is 9.64 Å². The molecule has 3 fully saturated rings. The van der Waals surface area contributed by atoms with E-state index in [4.69, 9.17) is 4.74 Å². The minimum atomic E-state index is -0.402. The second-order valence-corrected chi connectivity index (χ2v) is 8.11. The Hall–Kier alpha value is -3.02. The molecule has 2 aromatic carbocycles. The van der Waals surface area contributed by atoms with Crippen molar-refractivity contribution in [3.63, 3.8) is 0 Å². The molecule has 3 aliphatic rings. The number of Topliss-reactive ketones (excluding diaryl/α,β-unsaturated/α-hetero) is 1. The number of ether oxygens (including phenoxy) is 1. The number of carbonyl (C=O) groups excluding carboxylic acids is 3. The highest BCUT2D eigenvalue weighted by Gasteiger charge is 2.61. The number of imide groups is 1. The average molecular weight is 393 g/mol. The van der Waals surface area contributed by atoms with Crippen molar-refractivity contribution in [3.05, 3.63) is 59.9 Å². The Labute approximate surface area is 167 Å². The van der Waals surface area contributed by atoms with E-state index in [9.17, 15) is 18.8 Å². The molecule has 5 rings (SSSR count). The van der Waals surface area contributed by atoms with Gasteiger partial charge < -0.3 is 4.74 Å². The minimum Gasteiger partial charge on any atom is -0.485 e. The maximum Gasteiger partial charge on any atom is 0.237 e. The Morgan fingerprint density at radius 2 is 1.52 bits per heavy atom. The minimum absolute atomic E-state index is 0.0765. The predicted octanol–water partition coefficient (Wildman–Crippen LogP) is 3.62. The Morgan fingerprint density at radius 1 is 0.931 bits per heavy atom. The van der Waals surface area contributed by atoms with Crippen LogP contribution in [-0.2, 0) is 9.59 Å². The molecule has 0 unspecified atom stereocenters. The number of ketones is 1. The zero-order valence-electron chi connectivity index (χ0n) is 15.7. The molecule has 0 radical (unpaired) electrons. The lowest BCUT2D eigenvalue weighted by Crippen LogP contribution is -2.32. The van der Waals surface area contributed by atoms with Crippen molar-refractivity contribution in [2.75, 3.05) is 11.5 Å². The van der Waals surface area contributed by atoms with Crippen molar-refractivity contribution in [2.45, 2.75) is 19.3 Å². The van der Waals surface area contributed by atoms with Gasteiger partial charge in [0.1, 0.15) is 11.6 Å². The fraction of sp³-hybridized carbons (Fsp3) is 0.348. The molecule has 2 aromatic rings. The first-order chi connectivity index (χ1) is 14.0. The highest BCUT2D eigenvalue weighted by Crippen LogP contribution is 2.56. The third-order valence-corrected chi connectivity index (χ3v) is 6.56. The highest BCUT2D eigenvalue weighted by atomic mass is 19.1. The lowest BCUT2D eigenvalue weighted by atomic mass is 9.81. The van der Waals surface area contributed by atoms with Gasteiger partial charge in [0.25, 0.3) is 0 Å². The molecule has 1 heterocycles. The molecule has 0 N–H and O–H groups in total. The Balaban J connectivity index is 1.26. The number of rotatable bonds is 5. The van der Waals surface area contributed by atoms with Crippen molar-refractivity contribution in [1.29, 1.82) is 0 Å². The number of carbonyl (C=O) groups is 3. The number of anilines is 1. The van der Waals surface area contributed by atoms with Gasteiger partial charge in [0.05, 0.1) is 17.5 Å². The summed E-state index contributed by atoms with van der Waals surface area (Å²) < 4.78 is 18.5. The van der Waals surface area contributed by atoms with Gasteiger partial charge in [-0.3, -0.25) is 19.3 Å². The zero-order valence-corrected chi connectivity index (χ0v) is 15.7. The SMILES string of the molecule is O=C(COc1ccc(N2C(=O)[C@H]3[C@@H]4CC[C@H](C4)[C@@H]3C2=O)cc1)c1ccc(F)cc1. The van der Waals surface area contributed by atoms with Gasteiger partial charge in [0.15, 0.2) is 12.4 Å². The van der Waals surface area contributed by atoms with E-state index in [0.717, 1.165) is 19.3 Å². The molecule has 6 heteroatoms. The quantitative estimate of drug-likeness (QED) is 0.575. The van der Waals surface area contributed by atoms with Crippen LogP contribution >= 0.6 is 0 Å². The fourth-order valence-electron chi connectivity index (χ4n) is 5.22. The summed E-state index contributed by atoms with van der Waals surface area (Å²) in [6.07, 6.45) is 3.11. The summed E-state index contributed by atoms with van der Waals surface area (Å²) in [4.78, 5) is 39.2. The van der Waals surface area contributed by atoms with E-state index < -0.39 is 5.82 Å². The third-order valence-electron chi connectivity index (χ3n) is 6.56. The summed E-state index contributed by atoms with van der Waals surface area (Å²) in [5.74, 6) is 0.0563. The van der Waals surface area contributed by atoms with Gasteiger partial charge in [-0.1, -0.05) is 0 Å². The molecule has 4 atom stereocenters. The first kappa shape index (κ1) is 18.0. The van der Waals surface area contributed by atoms with E-state index in [2.05, 4.69) is 0 Å². The molecule has 1 aliphatic heterocycles. The molecule has 2 bridgehead atoms. The lowest BCUT2D eigenvalue weighted by molar-refractivity contribution is -0.123. The first-order valence-electron chi connectivity index (χ1n) is 9.92. The summed E-state index contributed by atoms with van der Waals surface area (Å²) in [7, 11) is 0. The van der Waals surface area contributed by atoms with E-state index >= 15 is 0 Å².